The van der Waals surface area contributed by atoms with E-state index in [0.29, 0.717) is 19.4 Å². The second-order valence-corrected chi connectivity index (χ2v) is 6.24. The number of fused-ring (bicyclic) bond motifs is 1. The molecule has 2 saturated heterocycles. The molecule has 0 saturated carbocycles. The summed E-state index contributed by atoms with van der Waals surface area (Å²) in [6, 6.07) is 1.08. The molecule has 3 heterocycles. The number of ether oxygens (including phenoxy) is 2. The standard InChI is InChI=1S/C15H20F3N3O2/c1-22-10-14-4-2-6-21(14)12(3-5-14)9-23-13-7-11(8-19-20-13)15(16,17)18/h7-8,12H,2-6,9-10H2,1H3/t12-,14?/m0/s1. The summed E-state index contributed by atoms with van der Waals surface area (Å²) in [5.41, 5.74) is -0.772. The number of aromatic nitrogens is 2. The van der Waals surface area contributed by atoms with Crippen LogP contribution in [0, 0.1) is 0 Å². The van der Waals surface area contributed by atoms with Crippen molar-refractivity contribution in [2.45, 2.75) is 43.4 Å². The van der Waals surface area contributed by atoms with Gasteiger partial charge in [0.15, 0.2) is 0 Å². The van der Waals surface area contributed by atoms with Crippen LogP contribution in [0.3, 0.4) is 0 Å². The highest BCUT2D eigenvalue weighted by Gasteiger charge is 2.49. The maximum absolute atomic E-state index is 12.7. The van der Waals surface area contributed by atoms with E-state index in [1.807, 2.05) is 0 Å². The van der Waals surface area contributed by atoms with Crippen LogP contribution in [0.15, 0.2) is 12.3 Å². The Labute approximate surface area is 132 Å². The lowest BCUT2D eigenvalue weighted by Crippen LogP contribution is -2.47. The van der Waals surface area contributed by atoms with Gasteiger partial charge >= 0.3 is 6.18 Å². The summed E-state index contributed by atoms with van der Waals surface area (Å²) in [5, 5.41) is 7.01. The Hall–Kier alpha value is -1.41. The largest absolute Gasteiger partial charge is 0.475 e. The van der Waals surface area contributed by atoms with Gasteiger partial charge in [0.05, 0.1) is 18.4 Å². The van der Waals surface area contributed by atoms with E-state index in [9.17, 15) is 13.2 Å². The first-order valence-corrected chi connectivity index (χ1v) is 7.73. The first kappa shape index (κ1) is 16.4. The fourth-order valence-electron chi connectivity index (χ4n) is 3.81. The number of halogens is 3. The molecule has 0 amide bonds. The molecular formula is C15H20F3N3O2. The molecule has 8 heteroatoms. The van der Waals surface area contributed by atoms with E-state index in [-0.39, 0.29) is 17.5 Å². The van der Waals surface area contributed by atoms with Crippen molar-refractivity contribution in [3.05, 3.63) is 17.8 Å². The summed E-state index contributed by atoms with van der Waals surface area (Å²) in [5.74, 6) is -0.0803. The molecule has 2 aliphatic rings. The van der Waals surface area contributed by atoms with E-state index < -0.39 is 11.7 Å². The van der Waals surface area contributed by atoms with Crippen LogP contribution in [0.5, 0.6) is 5.88 Å². The van der Waals surface area contributed by atoms with Crippen LogP contribution >= 0.6 is 0 Å². The third-order valence-electron chi connectivity index (χ3n) is 4.83. The molecule has 0 aromatic carbocycles. The van der Waals surface area contributed by atoms with Gasteiger partial charge in [-0.15, -0.1) is 5.10 Å². The van der Waals surface area contributed by atoms with E-state index >= 15 is 0 Å². The van der Waals surface area contributed by atoms with Crippen LogP contribution in [0.4, 0.5) is 13.2 Å². The molecule has 23 heavy (non-hydrogen) atoms. The van der Waals surface area contributed by atoms with Gasteiger partial charge < -0.3 is 9.47 Å². The summed E-state index contributed by atoms with van der Waals surface area (Å²) in [4.78, 5) is 2.39. The van der Waals surface area contributed by atoms with E-state index in [2.05, 4.69) is 15.1 Å². The molecule has 0 radical (unpaired) electrons. The van der Waals surface area contributed by atoms with Crippen LogP contribution in [0.1, 0.15) is 31.2 Å². The zero-order valence-corrected chi connectivity index (χ0v) is 13.0. The van der Waals surface area contributed by atoms with Gasteiger partial charge in [0.1, 0.15) is 6.61 Å². The second kappa shape index (κ2) is 6.24. The number of rotatable bonds is 5. The summed E-state index contributed by atoms with van der Waals surface area (Å²) in [7, 11) is 1.70. The quantitative estimate of drug-likeness (QED) is 0.830. The van der Waals surface area contributed by atoms with Crippen LogP contribution in [-0.2, 0) is 10.9 Å². The maximum Gasteiger partial charge on any atom is 0.418 e. The maximum atomic E-state index is 12.7. The molecule has 3 rings (SSSR count). The summed E-state index contributed by atoms with van der Waals surface area (Å²) < 4.78 is 48.9. The molecule has 1 aromatic heterocycles. The Kier molecular flexibility index (Phi) is 4.46. The molecule has 5 nitrogen and oxygen atoms in total. The average Bonchev–Trinajstić information content (AvgIpc) is 3.04. The van der Waals surface area contributed by atoms with Gasteiger partial charge in [-0.25, -0.2) is 0 Å². The molecule has 128 valence electrons. The highest BCUT2D eigenvalue weighted by Crippen LogP contribution is 2.42. The van der Waals surface area contributed by atoms with E-state index in [1.54, 1.807) is 7.11 Å². The van der Waals surface area contributed by atoms with Gasteiger partial charge in [0, 0.05) is 24.8 Å². The molecule has 0 bridgehead atoms. The molecule has 0 N–H and O–H groups in total. The SMILES string of the molecule is COCC12CCCN1[C@H](COc1cc(C(F)(F)F)cnn1)CC2. The summed E-state index contributed by atoms with van der Waals surface area (Å²) >= 11 is 0. The summed E-state index contributed by atoms with van der Waals surface area (Å²) in [6.45, 7) is 1.99. The zero-order valence-electron chi connectivity index (χ0n) is 13.0. The fraction of sp³-hybridized carbons (Fsp3) is 0.733. The lowest BCUT2D eigenvalue weighted by atomic mass is 9.95. The van der Waals surface area contributed by atoms with Crippen LogP contribution in [0.2, 0.25) is 0 Å². The zero-order chi connectivity index (χ0) is 16.5. The van der Waals surface area contributed by atoms with Crippen molar-refractivity contribution >= 4 is 0 Å². The fourth-order valence-corrected chi connectivity index (χ4v) is 3.81. The molecule has 2 aliphatic heterocycles. The number of alkyl halides is 3. The Morgan fingerprint density at radius 2 is 2.22 bits per heavy atom. The number of methoxy groups -OCH3 is 1. The van der Waals surface area contributed by atoms with Crippen LogP contribution in [0.25, 0.3) is 0 Å². The van der Waals surface area contributed by atoms with Crippen molar-refractivity contribution in [3.8, 4) is 5.88 Å². The molecule has 1 unspecified atom stereocenters. The van der Waals surface area contributed by atoms with Gasteiger partial charge in [0.2, 0.25) is 5.88 Å². The van der Waals surface area contributed by atoms with E-state index in [4.69, 9.17) is 9.47 Å². The van der Waals surface area contributed by atoms with Gasteiger partial charge in [0.25, 0.3) is 0 Å². The number of nitrogens with zero attached hydrogens (tertiary/aromatic N) is 3. The van der Waals surface area contributed by atoms with Crippen LogP contribution < -0.4 is 4.74 Å². The average molecular weight is 331 g/mol. The minimum atomic E-state index is -4.44. The highest BCUT2D eigenvalue weighted by molar-refractivity contribution is 5.19. The third kappa shape index (κ3) is 3.28. The van der Waals surface area contributed by atoms with Crippen molar-refractivity contribution in [2.24, 2.45) is 0 Å². The number of hydrogen-bond donors (Lipinski definition) is 0. The summed E-state index contributed by atoms with van der Waals surface area (Å²) in [6.07, 6.45) is 0.458. The molecule has 0 aliphatic carbocycles. The minimum absolute atomic E-state index is 0.0717. The van der Waals surface area contributed by atoms with Crippen molar-refractivity contribution in [3.63, 3.8) is 0 Å². The lowest BCUT2D eigenvalue weighted by molar-refractivity contribution is -0.138. The molecule has 0 spiro atoms. The Morgan fingerprint density at radius 1 is 1.39 bits per heavy atom. The van der Waals surface area contributed by atoms with Crippen LogP contribution in [-0.4, -0.2) is 53.5 Å². The monoisotopic (exact) mass is 331 g/mol. The first-order valence-electron chi connectivity index (χ1n) is 7.73. The van der Waals surface area contributed by atoms with Crippen molar-refractivity contribution in [1.29, 1.82) is 0 Å². The van der Waals surface area contributed by atoms with Gasteiger partial charge in [-0.2, -0.15) is 18.3 Å². The van der Waals surface area contributed by atoms with Crippen molar-refractivity contribution in [2.75, 3.05) is 26.9 Å². The molecular weight excluding hydrogens is 311 g/mol. The minimum Gasteiger partial charge on any atom is -0.475 e. The topological polar surface area (TPSA) is 47.5 Å². The van der Waals surface area contributed by atoms with E-state index in [0.717, 1.165) is 38.3 Å². The predicted molar refractivity (Wildman–Crippen MR) is 76.1 cm³/mol. The molecule has 2 atom stereocenters. The Balaban J connectivity index is 1.63. The molecule has 1 aromatic rings. The van der Waals surface area contributed by atoms with Gasteiger partial charge in [-0.1, -0.05) is 0 Å². The first-order chi connectivity index (χ1) is 10.9. The normalized spacial score (nSPS) is 28.1. The Morgan fingerprint density at radius 3 is 2.96 bits per heavy atom. The highest BCUT2D eigenvalue weighted by atomic mass is 19.4. The number of hydrogen-bond acceptors (Lipinski definition) is 5. The lowest BCUT2D eigenvalue weighted by Gasteiger charge is -2.34. The van der Waals surface area contributed by atoms with Gasteiger partial charge in [-0.05, 0) is 32.2 Å². The molecule has 2 fully saturated rings. The van der Waals surface area contributed by atoms with Crippen molar-refractivity contribution < 1.29 is 22.6 Å². The third-order valence-corrected chi connectivity index (χ3v) is 4.83. The Bertz CT molecular complexity index is 555. The predicted octanol–water partition coefficient (Wildman–Crippen LogP) is 2.52. The second-order valence-electron chi connectivity index (χ2n) is 6.24. The van der Waals surface area contributed by atoms with Gasteiger partial charge in [-0.3, -0.25) is 4.90 Å². The van der Waals surface area contributed by atoms with E-state index in [1.165, 1.54) is 0 Å². The smallest absolute Gasteiger partial charge is 0.418 e. The van der Waals surface area contributed by atoms with Crippen molar-refractivity contribution in [1.82, 2.24) is 15.1 Å².